The van der Waals surface area contributed by atoms with Crippen molar-refractivity contribution in [1.29, 1.82) is 0 Å². The summed E-state index contributed by atoms with van der Waals surface area (Å²) in [5.41, 5.74) is -1.56. The van der Waals surface area contributed by atoms with Crippen molar-refractivity contribution in [3.05, 3.63) is 44.3 Å². The minimum absolute atomic E-state index is 0.440. The summed E-state index contributed by atoms with van der Waals surface area (Å²) in [5.74, 6) is 1.66. The Morgan fingerprint density at radius 2 is 1.86 bits per heavy atom. The second-order valence-corrected chi connectivity index (χ2v) is 5.88. The number of aromatic nitrogens is 1. The Labute approximate surface area is 122 Å². The molecular weight excluding hydrogens is 275 g/mol. The molecule has 1 aliphatic heterocycles. The third-order valence-corrected chi connectivity index (χ3v) is 3.82. The van der Waals surface area contributed by atoms with Crippen LogP contribution in [-0.2, 0) is 9.31 Å². The van der Waals surface area contributed by atoms with Gasteiger partial charge in [0.25, 0.3) is 5.43 Å². The zero-order chi connectivity index (χ0) is 15.8. The zero-order valence-corrected chi connectivity index (χ0v) is 12.4. The Morgan fingerprint density at radius 3 is 2.33 bits per heavy atom. The lowest BCUT2D eigenvalue weighted by atomic mass is 9.89. The molecule has 7 nitrogen and oxygen atoms in total. The quantitative estimate of drug-likeness (QED) is 0.522. The van der Waals surface area contributed by atoms with E-state index >= 15 is 0 Å². The summed E-state index contributed by atoms with van der Waals surface area (Å²) in [6, 6.07) is 1.17. The fourth-order valence-corrected chi connectivity index (χ4v) is 1.87. The van der Waals surface area contributed by atoms with Gasteiger partial charge in [-0.05, 0) is 33.8 Å². The van der Waals surface area contributed by atoms with Gasteiger partial charge >= 0.3 is 12.8 Å². The van der Waals surface area contributed by atoms with Crippen LogP contribution in [0, 0.1) is 10.1 Å². The molecule has 0 amide bonds. The van der Waals surface area contributed by atoms with Crippen LogP contribution in [-0.4, -0.2) is 28.2 Å². The van der Waals surface area contributed by atoms with Crippen molar-refractivity contribution in [2.45, 2.75) is 38.9 Å². The van der Waals surface area contributed by atoms with Gasteiger partial charge in [-0.3, -0.25) is 14.9 Å². The van der Waals surface area contributed by atoms with Crippen LogP contribution in [0.3, 0.4) is 0 Å². The molecule has 0 atom stereocenters. The number of pyridine rings is 1. The molecule has 0 bridgehead atoms. The SMILES string of the molecule is CC1(C)OB(/C=C/c2cc(=O)c([N+](=O)[O-])c[nH]2)OC1(C)C. The van der Waals surface area contributed by atoms with Crippen molar-refractivity contribution in [2.24, 2.45) is 0 Å². The lowest BCUT2D eigenvalue weighted by Crippen LogP contribution is -2.41. The summed E-state index contributed by atoms with van der Waals surface area (Å²) < 4.78 is 11.5. The number of nitro groups is 1. The number of nitrogens with zero attached hydrogens (tertiary/aromatic N) is 1. The summed E-state index contributed by atoms with van der Waals surface area (Å²) in [4.78, 5) is 24.1. The van der Waals surface area contributed by atoms with Crippen molar-refractivity contribution < 1.29 is 14.2 Å². The van der Waals surface area contributed by atoms with Crippen LogP contribution in [0.1, 0.15) is 33.4 Å². The van der Waals surface area contributed by atoms with Gasteiger partial charge in [0.1, 0.15) is 0 Å². The maximum atomic E-state index is 11.5. The Balaban J connectivity index is 2.15. The third-order valence-electron chi connectivity index (χ3n) is 3.82. The number of nitrogens with one attached hydrogen (secondary N) is 1. The predicted molar refractivity (Wildman–Crippen MR) is 78.8 cm³/mol. The highest BCUT2D eigenvalue weighted by molar-refractivity contribution is 6.52. The van der Waals surface area contributed by atoms with Crippen LogP contribution in [0.15, 0.2) is 23.0 Å². The van der Waals surface area contributed by atoms with Crippen LogP contribution in [0.5, 0.6) is 0 Å². The number of H-pyrrole nitrogens is 1. The van der Waals surface area contributed by atoms with Crippen molar-refractivity contribution in [1.82, 2.24) is 4.98 Å². The molecule has 1 N–H and O–H groups in total. The molecule has 0 unspecified atom stereocenters. The Morgan fingerprint density at radius 1 is 1.29 bits per heavy atom. The van der Waals surface area contributed by atoms with E-state index in [-0.39, 0.29) is 0 Å². The molecule has 21 heavy (non-hydrogen) atoms. The molecule has 8 heteroatoms. The van der Waals surface area contributed by atoms with Crippen molar-refractivity contribution >= 4 is 18.9 Å². The maximum absolute atomic E-state index is 11.5. The average Bonchev–Trinajstić information content (AvgIpc) is 2.55. The Kier molecular flexibility index (Phi) is 3.77. The molecular formula is C13H17BN2O5. The predicted octanol–water partition coefficient (Wildman–Crippen LogP) is 1.93. The van der Waals surface area contributed by atoms with Crippen LogP contribution in [0.4, 0.5) is 5.69 Å². The van der Waals surface area contributed by atoms with E-state index in [0.29, 0.717) is 5.69 Å². The van der Waals surface area contributed by atoms with Gasteiger partial charge in [0.15, 0.2) is 0 Å². The molecule has 1 aromatic heterocycles. The van der Waals surface area contributed by atoms with Gasteiger partial charge in [-0.2, -0.15) is 0 Å². The van der Waals surface area contributed by atoms with Crippen LogP contribution in [0.2, 0.25) is 0 Å². The summed E-state index contributed by atoms with van der Waals surface area (Å²) in [6.07, 6.45) is 2.68. The molecule has 0 spiro atoms. The van der Waals surface area contributed by atoms with Gasteiger partial charge in [-0.25, -0.2) is 0 Å². The third kappa shape index (κ3) is 3.06. The highest BCUT2D eigenvalue weighted by Crippen LogP contribution is 2.36. The van der Waals surface area contributed by atoms with E-state index in [0.717, 1.165) is 6.20 Å². The first-order valence-electron chi connectivity index (χ1n) is 6.53. The first kappa shape index (κ1) is 15.5. The van der Waals surface area contributed by atoms with E-state index in [9.17, 15) is 14.9 Å². The second kappa shape index (κ2) is 5.12. The first-order chi connectivity index (χ1) is 9.62. The Hall–Kier alpha value is -1.93. The normalized spacial score (nSPS) is 20.1. The van der Waals surface area contributed by atoms with Gasteiger partial charge < -0.3 is 14.3 Å². The monoisotopic (exact) mass is 292 g/mol. The fraction of sp³-hybridized carbons (Fsp3) is 0.462. The number of aromatic amines is 1. The minimum atomic E-state index is -0.722. The summed E-state index contributed by atoms with van der Waals surface area (Å²) in [5, 5.41) is 10.6. The smallest absolute Gasteiger partial charge is 0.400 e. The largest absolute Gasteiger partial charge is 0.487 e. The topological polar surface area (TPSA) is 94.5 Å². The molecule has 1 aliphatic rings. The average molecular weight is 292 g/mol. The Bertz CT molecular complexity index is 634. The minimum Gasteiger partial charge on any atom is -0.400 e. The number of hydrogen-bond donors (Lipinski definition) is 1. The van der Waals surface area contributed by atoms with Gasteiger partial charge in [-0.1, -0.05) is 5.98 Å². The maximum Gasteiger partial charge on any atom is 0.487 e. The summed E-state index contributed by atoms with van der Waals surface area (Å²) >= 11 is 0. The van der Waals surface area contributed by atoms with Crippen LogP contribution >= 0.6 is 0 Å². The van der Waals surface area contributed by atoms with E-state index < -0.39 is 34.4 Å². The lowest BCUT2D eigenvalue weighted by Gasteiger charge is -2.32. The molecule has 0 saturated carbocycles. The first-order valence-corrected chi connectivity index (χ1v) is 6.53. The molecule has 0 radical (unpaired) electrons. The van der Waals surface area contributed by atoms with Gasteiger partial charge in [0, 0.05) is 11.8 Å². The van der Waals surface area contributed by atoms with Crippen LogP contribution < -0.4 is 5.43 Å². The number of rotatable bonds is 3. The molecule has 1 fully saturated rings. The molecule has 0 aromatic carbocycles. The van der Waals surface area contributed by atoms with Gasteiger partial charge in [0.05, 0.1) is 22.3 Å². The van der Waals surface area contributed by atoms with E-state index in [1.807, 2.05) is 27.7 Å². The molecule has 1 aromatic rings. The van der Waals surface area contributed by atoms with Crippen molar-refractivity contribution in [3.63, 3.8) is 0 Å². The molecule has 112 valence electrons. The lowest BCUT2D eigenvalue weighted by molar-refractivity contribution is -0.386. The van der Waals surface area contributed by atoms with Crippen LogP contribution in [0.25, 0.3) is 6.08 Å². The fourth-order valence-electron chi connectivity index (χ4n) is 1.87. The summed E-state index contributed by atoms with van der Waals surface area (Å²) in [6.45, 7) is 7.76. The van der Waals surface area contributed by atoms with Gasteiger partial charge in [-0.15, -0.1) is 0 Å². The molecule has 1 saturated heterocycles. The molecule has 2 heterocycles. The molecule has 0 aliphatic carbocycles. The van der Waals surface area contributed by atoms with E-state index in [2.05, 4.69) is 4.98 Å². The summed E-state index contributed by atoms with van der Waals surface area (Å²) in [7, 11) is -0.534. The molecule has 2 rings (SSSR count). The highest BCUT2D eigenvalue weighted by Gasteiger charge is 2.49. The zero-order valence-electron chi connectivity index (χ0n) is 12.4. The highest BCUT2D eigenvalue weighted by atomic mass is 16.7. The number of hydrogen-bond acceptors (Lipinski definition) is 5. The van der Waals surface area contributed by atoms with Crippen molar-refractivity contribution in [2.75, 3.05) is 0 Å². The van der Waals surface area contributed by atoms with Crippen molar-refractivity contribution in [3.8, 4) is 0 Å². The van der Waals surface area contributed by atoms with E-state index in [4.69, 9.17) is 9.31 Å². The van der Waals surface area contributed by atoms with Gasteiger partial charge in [0.2, 0.25) is 0 Å². The standard InChI is InChI=1S/C13H17BN2O5/c1-12(2)13(3,4)21-14(20-12)6-5-9-7-11(17)10(8-15-9)16(18)19/h5-8H,1-4H3,(H,15,17)/b6-5+. The second-order valence-electron chi connectivity index (χ2n) is 5.88. The van der Waals surface area contributed by atoms with E-state index in [1.54, 1.807) is 12.1 Å². The van der Waals surface area contributed by atoms with E-state index in [1.165, 1.54) is 6.07 Å².